The third kappa shape index (κ3) is 29.7. The lowest BCUT2D eigenvalue weighted by Gasteiger charge is -2.13. The predicted octanol–water partition coefficient (Wildman–Crippen LogP) is 18.7. The minimum atomic E-state index is -4.41. The lowest BCUT2D eigenvalue weighted by molar-refractivity contribution is -0.154. The van der Waals surface area contributed by atoms with Crippen molar-refractivity contribution in [3.63, 3.8) is 0 Å². The Morgan fingerprint density at radius 1 is 0.320 bits per heavy atom. The Hall–Kier alpha value is -12.7. The van der Waals surface area contributed by atoms with Crippen LogP contribution in [0.25, 0.3) is 0 Å². The number of aryl methyl sites for hydroxylation is 3. The molecule has 6 atom stereocenters. The van der Waals surface area contributed by atoms with E-state index in [1.165, 1.54) is 24.5 Å². The van der Waals surface area contributed by atoms with Gasteiger partial charge < -0.3 is 48.5 Å². The molecule has 13 heterocycles. The van der Waals surface area contributed by atoms with E-state index < -0.39 is 90.4 Å². The van der Waals surface area contributed by atoms with Crippen molar-refractivity contribution >= 4 is 129 Å². The van der Waals surface area contributed by atoms with Crippen molar-refractivity contribution < 1.29 is 100 Å². The number of aliphatic imine (C=N–C) groups is 6. The van der Waals surface area contributed by atoms with Gasteiger partial charge in [-0.2, -0.15) is 26.3 Å². The summed E-state index contributed by atoms with van der Waals surface area (Å²) in [6.07, 6.45) is 4.98. The Balaban J connectivity index is 0.000000147. The van der Waals surface area contributed by atoms with Crippen molar-refractivity contribution in [2.24, 2.45) is 30.0 Å². The van der Waals surface area contributed by atoms with Gasteiger partial charge in [0.15, 0.2) is 19.0 Å². The zero-order chi connectivity index (χ0) is 106. The molecule has 0 aliphatic carbocycles. The van der Waals surface area contributed by atoms with Gasteiger partial charge in [-0.3, -0.25) is 55.2 Å². The number of rotatable bonds is 27. The van der Waals surface area contributed by atoms with E-state index >= 15 is 0 Å². The highest BCUT2D eigenvalue weighted by Gasteiger charge is 2.34. The number of pyridine rings is 7. The molecule has 5 aromatic carbocycles. The highest BCUT2D eigenvalue weighted by atomic mass is 32.2. The molecule has 12 aromatic rings. The van der Waals surface area contributed by atoms with Crippen molar-refractivity contribution in [3.8, 4) is 34.5 Å². The summed E-state index contributed by atoms with van der Waals surface area (Å²) < 4.78 is 187. The van der Waals surface area contributed by atoms with Gasteiger partial charge in [-0.05, 0) is 156 Å². The maximum Gasteiger partial charge on any atom is 0.422 e. The van der Waals surface area contributed by atoms with Crippen LogP contribution in [0.1, 0.15) is 141 Å². The molecule has 7 aromatic heterocycles. The summed E-state index contributed by atoms with van der Waals surface area (Å²) in [5.74, 6) is 5.35. The second-order valence-corrected chi connectivity index (χ2v) is 43.1. The number of alkyl halides is 6. The number of benzene rings is 5. The summed E-state index contributed by atoms with van der Waals surface area (Å²) in [6, 6.07) is 42.5. The maximum absolute atomic E-state index is 12.7. The number of para-hydroxylation sites is 3. The van der Waals surface area contributed by atoms with E-state index in [0.717, 1.165) is 164 Å². The molecule has 147 heavy (non-hydrogen) atoms. The van der Waals surface area contributed by atoms with Gasteiger partial charge in [0.1, 0.15) is 64.8 Å². The van der Waals surface area contributed by atoms with Gasteiger partial charge in [-0.25, -0.2) is 34.9 Å². The van der Waals surface area contributed by atoms with Crippen LogP contribution in [0.5, 0.6) is 34.5 Å². The third-order valence-corrected chi connectivity index (χ3v) is 31.8. The van der Waals surface area contributed by atoms with Crippen LogP contribution in [0.2, 0.25) is 0 Å². The molecule has 0 saturated carbocycles. The van der Waals surface area contributed by atoms with Crippen LogP contribution in [-0.4, -0.2) is 173 Å². The van der Waals surface area contributed by atoms with Gasteiger partial charge in [0.25, 0.3) is 0 Å². The summed E-state index contributed by atoms with van der Waals surface area (Å²) in [7, 11) is -1.19. The Bertz CT molecular complexity index is 6750. The first-order valence-electron chi connectivity index (χ1n) is 46.3. The average Bonchev–Trinajstić information content (AvgIpc) is 1.54. The number of nitrogens with zero attached hydrogens (tertiary/aromatic N) is 13. The molecule has 41 heteroatoms. The molecule has 6 aliphatic rings. The van der Waals surface area contributed by atoms with Crippen LogP contribution in [0.3, 0.4) is 0 Å². The number of hydrogen-bond acceptors (Lipinski definition) is 29. The number of methoxy groups -OCH3 is 4. The Morgan fingerprint density at radius 3 is 0.918 bits per heavy atom. The standard InChI is InChI=1S/C19H22N2O3S.2C18H20N2O3S.2C17H15F3N2O2S.C17H19N3O3S/c1-14-17(20-9-8-18(14)24-11-5-10-23-2)13-25(22)19-12-15-6-3-4-7-16(15)21-19;2*1-11-8-19-16(12(2)18(11)23-3)10-24(22)17-7-14-5-4-13(9-21)6-15(14)20-17;2*1-11-14(21-7-6-15(11)24-10-17(18,19)20)9-25(23)16-8-12-4-2-3-5-13(12)22-16;1-10-7-18-14(11(2)16(10)23-3)9-24(22)15-6-12-4-5-13(8-21)19-17(12)20-15/h3-4,6-9H,5,10-13H2,1-2H3;2*4-6,8,21H,7,9-10H2,1-3H3;2*2-7H,8-10H2,1H3;4-5,7,21H,6,8-9H2,1-3H3/t;24-;;25-;;/m.0.1../s1. The Labute approximate surface area is 862 Å². The molecule has 29 nitrogen and oxygen atoms in total. The van der Waals surface area contributed by atoms with Crippen LogP contribution < -0.4 is 28.4 Å². The first-order valence-corrected chi connectivity index (χ1v) is 54.2. The lowest BCUT2D eigenvalue weighted by Crippen LogP contribution is -2.20. The van der Waals surface area contributed by atoms with E-state index in [-0.39, 0.29) is 42.8 Å². The molecule has 3 N–H and O–H groups in total. The molecule has 0 amide bonds. The van der Waals surface area contributed by atoms with Crippen LogP contribution in [0.15, 0.2) is 207 Å². The summed E-state index contributed by atoms with van der Waals surface area (Å²) in [5.41, 5.74) is 23.9. The van der Waals surface area contributed by atoms with Crippen LogP contribution in [0.4, 0.5) is 60.6 Å². The molecule has 0 spiro atoms. The van der Waals surface area contributed by atoms with Gasteiger partial charge in [0.2, 0.25) is 0 Å². The Morgan fingerprint density at radius 2 is 0.612 bits per heavy atom. The van der Waals surface area contributed by atoms with Crippen molar-refractivity contribution in [2.45, 2.75) is 174 Å². The predicted molar refractivity (Wildman–Crippen MR) is 563 cm³/mol. The molecular formula is C106H111F6N13O16S6. The minimum absolute atomic E-state index is 0.0203. The zero-order valence-corrected chi connectivity index (χ0v) is 88.0. The Kier molecular flexibility index (Phi) is 39.3. The molecule has 18 rings (SSSR count). The fourth-order valence-electron chi connectivity index (χ4n) is 16.0. The quantitative estimate of drug-likeness (QED) is 0.0318. The van der Waals surface area contributed by atoms with Crippen LogP contribution >= 0.6 is 0 Å². The monoisotopic (exact) mass is 2130 g/mol. The van der Waals surface area contributed by atoms with Gasteiger partial charge >= 0.3 is 12.4 Å². The summed E-state index contributed by atoms with van der Waals surface area (Å²) in [4.78, 5) is 56.8. The molecule has 0 saturated heterocycles. The average molecular weight is 2130 g/mol. The summed E-state index contributed by atoms with van der Waals surface area (Å²) in [5, 5.41) is 31.3. The number of fused-ring (bicyclic) bond motifs is 6. The highest BCUT2D eigenvalue weighted by molar-refractivity contribution is 8.01. The van der Waals surface area contributed by atoms with Crippen molar-refractivity contribution in [1.29, 1.82) is 0 Å². The van der Waals surface area contributed by atoms with Crippen LogP contribution in [0, 0.1) is 62.3 Å². The van der Waals surface area contributed by atoms with Gasteiger partial charge in [-0.15, -0.1) is 0 Å². The van der Waals surface area contributed by atoms with E-state index in [1.54, 1.807) is 73.1 Å². The molecule has 774 valence electrons. The number of hydrogen-bond donors (Lipinski definition) is 3. The number of aromatic nitrogens is 7. The fourth-order valence-corrected chi connectivity index (χ4v) is 23.4. The van der Waals surface area contributed by atoms with Crippen molar-refractivity contribution in [3.05, 3.63) is 311 Å². The molecular weight excluding hydrogens is 2020 g/mol. The fraction of sp³-hybridized carbons (Fsp3) is 0.330. The molecule has 6 aliphatic heterocycles. The summed E-state index contributed by atoms with van der Waals surface area (Å²) in [6.45, 7) is 15.1. The molecule has 4 unspecified atom stereocenters. The molecule has 0 radical (unpaired) electrons. The maximum atomic E-state index is 12.7. The van der Waals surface area contributed by atoms with Crippen LogP contribution in [-0.2, 0) is 162 Å². The van der Waals surface area contributed by atoms with E-state index in [1.807, 2.05) is 170 Å². The number of ether oxygens (including phenoxy) is 7. The number of aliphatic hydroxyl groups excluding tert-OH is 3. The van der Waals surface area contributed by atoms with Gasteiger partial charge in [0.05, 0.1) is 215 Å². The van der Waals surface area contributed by atoms with Gasteiger partial charge in [0, 0.05) is 151 Å². The van der Waals surface area contributed by atoms with E-state index in [4.69, 9.17) is 38.3 Å². The third-order valence-electron chi connectivity index (χ3n) is 24.1. The van der Waals surface area contributed by atoms with Crippen molar-refractivity contribution in [1.82, 2.24) is 34.9 Å². The zero-order valence-electron chi connectivity index (χ0n) is 83.1. The van der Waals surface area contributed by atoms with E-state index in [9.17, 15) is 61.8 Å². The molecule has 0 bridgehead atoms. The van der Waals surface area contributed by atoms with E-state index in [0.29, 0.717) is 139 Å². The second-order valence-electron chi connectivity index (χ2n) is 34.4. The number of aliphatic hydroxyl groups is 3. The SMILES string of the molecule is COCCCOc1ccnc(CS(=O)C2=Nc3ccccc3C2)c1C.COc1c(C)cnc(CS(=O)C2=Nc3cc(CO)ccc3C2)c1C.COc1c(C)cnc(CS(=O)C2=Nc3nc(CO)ccc3C2)c1C.COc1c(C)cnc(C[S@](=O)C2=Nc3cc(CO)ccc3C2)c1C.Cc1c(OCC(F)(F)F)ccnc1CS(=O)C1=Nc2ccccc2C1.Cc1c(OCC(F)(F)F)ccnc1C[S@@](=O)C1=Nc2ccccc2C1. The lowest BCUT2D eigenvalue weighted by atomic mass is 10.1. The first-order chi connectivity index (χ1) is 70.4. The second kappa shape index (κ2) is 51.8. The molecule has 0 fully saturated rings. The normalized spacial score (nSPS) is 14.4. The van der Waals surface area contributed by atoms with Crippen molar-refractivity contribution in [2.75, 3.05) is 54.9 Å². The summed E-state index contributed by atoms with van der Waals surface area (Å²) >= 11 is 0. The largest absolute Gasteiger partial charge is 0.496 e. The van der Waals surface area contributed by atoms with Gasteiger partial charge in [-0.1, -0.05) is 84.9 Å². The smallest absolute Gasteiger partial charge is 0.422 e. The minimum Gasteiger partial charge on any atom is -0.496 e. The highest BCUT2D eigenvalue weighted by Crippen LogP contribution is 2.39. The number of halogens is 6. The topological polar surface area (TPSA) is 392 Å². The van der Waals surface area contributed by atoms with E-state index in [2.05, 4.69) is 64.8 Å². The first kappa shape index (κ1) is 111.